The molecule has 0 aliphatic carbocycles. The van der Waals surface area contributed by atoms with Gasteiger partial charge in [0.1, 0.15) is 5.82 Å². The van der Waals surface area contributed by atoms with Gasteiger partial charge in [-0.2, -0.15) is 0 Å². The molecule has 1 rings (SSSR count). The molecule has 1 aromatic rings. The molecular weight excluding hydrogens is 234 g/mol. The minimum atomic E-state index is -0.338. The van der Waals surface area contributed by atoms with E-state index in [2.05, 4.69) is 31.2 Å². The second kappa shape index (κ2) is 5.26. The Balaban J connectivity index is 2.33. The van der Waals surface area contributed by atoms with E-state index < -0.39 is 0 Å². The zero-order chi connectivity index (χ0) is 9.68. The molecule has 1 heterocycles. The third-order valence-corrected chi connectivity index (χ3v) is 1.81. The fourth-order valence-electron chi connectivity index (χ4n) is 0.823. The van der Waals surface area contributed by atoms with Gasteiger partial charge < -0.3 is 10.4 Å². The van der Waals surface area contributed by atoms with Crippen molar-refractivity contribution in [3.05, 3.63) is 22.7 Å². The Hall–Kier alpha value is -0.520. The van der Waals surface area contributed by atoms with Crippen LogP contribution in [0.5, 0.6) is 0 Å². The van der Waals surface area contributed by atoms with E-state index >= 15 is 0 Å². The number of hydrogen-bond donors (Lipinski definition) is 2. The Labute approximate surface area is 85.5 Å². The monoisotopic (exact) mass is 245 g/mol. The number of aliphatic hydroxyl groups excluding tert-OH is 1. The number of aromatic nitrogens is 2. The Morgan fingerprint density at radius 1 is 1.54 bits per heavy atom. The highest BCUT2D eigenvalue weighted by Crippen LogP contribution is 2.03. The van der Waals surface area contributed by atoms with Crippen molar-refractivity contribution in [1.29, 1.82) is 0 Å². The molecule has 5 heteroatoms. The maximum atomic E-state index is 8.96. The summed E-state index contributed by atoms with van der Waals surface area (Å²) in [4.78, 5) is 8.15. The fraction of sp³-hybridized carbons (Fsp3) is 0.500. The van der Waals surface area contributed by atoms with Crippen LogP contribution < -0.4 is 5.32 Å². The number of nitrogens with one attached hydrogen (secondary N) is 1. The standard InChI is InChI=1S/C8H12BrN3O/c1-6(13)2-10-5-8-11-3-7(9)4-12-8/h3-4,6,10,13H,2,5H2,1H3/t6-/m1/s1. The average Bonchev–Trinajstić information content (AvgIpc) is 2.08. The molecule has 0 fully saturated rings. The third-order valence-electron chi connectivity index (χ3n) is 1.40. The maximum absolute atomic E-state index is 8.96. The van der Waals surface area contributed by atoms with Gasteiger partial charge in [-0.3, -0.25) is 0 Å². The van der Waals surface area contributed by atoms with Gasteiger partial charge in [0.2, 0.25) is 0 Å². The highest BCUT2D eigenvalue weighted by atomic mass is 79.9. The van der Waals surface area contributed by atoms with Crippen LogP contribution in [0, 0.1) is 0 Å². The van der Waals surface area contributed by atoms with Crippen LogP contribution in [-0.4, -0.2) is 27.7 Å². The zero-order valence-electron chi connectivity index (χ0n) is 7.37. The van der Waals surface area contributed by atoms with E-state index in [-0.39, 0.29) is 6.10 Å². The highest BCUT2D eigenvalue weighted by molar-refractivity contribution is 9.10. The lowest BCUT2D eigenvalue weighted by Gasteiger charge is -2.05. The Kier molecular flexibility index (Phi) is 4.27. The fourth-order valence-corrected chi connectivity index (χ4v) is 1.03. The van der Waals surface area contributed by atoms with Crippen molar-refractivity contribution in [1.82, 2.24) is 15.3 Å². The molecule has 1 atom stereocenters. The molecule has 4 nitrogen and oxygen atoms in total. The van der Waals surface area contributed by atoms with Gasteiger partial charge >= 0.3 is 0 Å². The number of rotatable bonds is 4. The molecule has 0 aliphatic rings. The first-order valence-electron chi connectivity index (χ1n) is 4.03. The minimum Gasteiger partial charge on any atom is -0.392 e. The predicted octanol–water partition coefficient (Wildman–Crippen LogP) is 0.709. The van der Waals surface area contributed by atoms with Gasteiger partial charge in [-0.05, 0) is 22.9 Å². The topological polar surface area (TPSA) is 58.0 Å². The first-order chi connectivity index (χ1) is 6.18. The summed E-state index contributed by atoms with van der Waals surface area (Å²) >= 11 is 3.25. The molecule has 0 unspecified atom stereocenters. The summed E-state index contributed by atoms with van der Waals surface area (Å²) in [6.07, 6.45) is 3.06. The first kappa shape index (κ1) is 10.6. The van der Waals surface area contributed by atoms with Crippen LogP contribution in [0.2, 0.25) is 0 Å². The van der Waals surface area contributed by atoms with Crippen LogP contribution in [0.4, 0.5) is 0 Å². The van der Waals surface area contributed by atoms with E-state index in [9.17, 15) is 0 Å². The van der Waals surface area contributed by atoms with Crippen molar-refractivity contribution in [2.75, 3.05) is 6.54 Å². The van der Waals surface area contributed by atoms with Gasteiger partial charge in [0.05, 0.1) is 17.1 Å². The van der Waals surface area contributed by atoms with Crippen LogP contribution in [-0.2, 0) is 6.54 Å². The molecule has 0 bridgehead atoms. The molecule has 0 saturated carbocycles. The van der Waals surface area contributed by atoms with E-state index in [1.54, 1.807) is 19.3 Å². The Morgan fingerprint density at radius 2 is 2.15 bits per heavy atom. The maximum Gasteiger partial charge on any atom is 0.142 e. The van der Waals surface area contributed by atoms with Gasteiger partial charge in [-0.25, -0.2) is 9.97 Å². The molecular formula is C8H12BrN3O. The van der Waals surface area contributed by atoms with Crippen molar-refractivity contribution < 1.29 is 5.11 Å². The van der Waals surface area contributed by atoms with Crippen molar-refractivity contribution in [2.24, 2.45) is 0 Å². The SMILES string of the molecule is C[C@@H](O)CNCc1ncc(Br)cn1. The van der Waals surface area contributed by atoms with Crippen LogP contribution >= 0.6 is 15.9 Å². The molecule has 13 heavy (non-hydrogen) atoms. The Morgan fingerprint density at radius 3 is 2.69 bits per heavy atom. The lowest BCUT2D eigenvalue weighted by atomic mass is 10.4. The predicted molar refractivity (Wildman–Crippen MR) is 53.1 cm³/mol. The van der Waals surface area contributed by atoms with Gasteiger partial charge in [0.25, 0.3) is 0 Å². The molecule has 72 valence electrons. The normalized spacial score (nSPS) is 12.8. The summed E-state index contributed by atoms with van der Waals surface area (Å²) < 4.78 is 0.867. The summed E-state index contributed by atoms with van der Waals surface area (Å²) in [6.45, 7) is 2.87. The van der Waals surface area contributed by atoms with Gasteiger partial charge in [-0.1, -0.05) is 0 Å². The number of nitrogens with zero attached hydrogens (tertiary/aromatic N) is 2. The molecule has 0 amide bonds. The van der Waals surface area contributed by atoms with Gasteiger partial charge in [-0.15, -0.1) is 0 Å². The molecule has 0 aliphatic heterocycles. The number of halogens is 1. The number of aliphatic hydroxyl groups is 1. The summed E-state index contributed by atoms with van der Waals surface area (Å²) in [7, 11) is 0. The highest BCUT2D eigenvalue weighted by Gasteiger charge is 1.97. The first-order valence-corrected chi connectivity index (χ1v) is 4.83. The zero-order valence-corrected chi connectivity index (χ0v) is 8.95. The van der Waals surface area contributed by atoms with Crippen LogP contribution in [0.15, 0.2) is 16.9 Å². The van der Waals surface area contributed by atoms with E-state index in [0.717, 1.165) is 10.3 Å². The van der Waals surface area contributed by atoms with Crippen LogP contribution in [0.3, 0.4) is 0 Å². The second-order valence-electron chi connectivity index (χ2n) is 2.80. The van der Waals surface area contributed by atoms with Crippen molar-refractivity contribution >= 4 is 15.9 Å². The molecule has 1 aromatic heterocycles. The average molecular weight is 246 g/mol. The molecule has 2 N–H and O–H groups in total. The van der Waals surface area contributed by atoms with E-state index in [1.165, 1.54) is 0 Å². The van der Waals surface area contributed by atoms with Crippen LogP contribution in [0.1, 0.15) is 12.7 Å². The second-order valence-corrected chi connectivity index (χ2v) is 3.71. The van der Waals surface area contributed by atoms with Crippen molar-refractivity contribution in [2.45, 2.75) is 19.6 Å². The van der Waals surface area contributed by atoms with Gasteiger partial charge in [0, 0.05) is 18.9 Å². The third kappa shape index (κ3) is 4.31. The summed E-state index contributed by atoms with van der Waals surface area (Å²) in [6, 6.07) is 0. The molecule has 0 radical (unpaired) electrons. The summed E-state index contributed by atoms with van der Waals surface area (Å²) in [5.74, 6) is 0.726. The summed E-state index contributed by atoms with van der Waals surface area (Å²) in [5.41, 5.74) is 0. The Bertz CT molecular complexity index is 250. The van der Waals surface area contributed by atoms with Gasteiger partial charge in [0.15, 0.2) is 0 Å². The van der Waals surface area contributed by atoms with E-state index in [1.807, 2.05) is 0 Å². The molecule has 0 saturated heterocycles. The lowest BCUT2D eigenvalue weighted by molar-refractivity contribution is 0.190. The minimum absolute atomic E-state index is 0.338. The number of hydrogen-bond acceptors (Lipinski definition) is 4. The lowest BCUT2D eigenvalue weighted by Crippen LogP contribution is -2.24. The quantitative estimate of drug-likeness (QED) is 0.821. The summed E-state index contributed by atoms with van der Waals surface area (Å²) in [5, 5.41) is 12.0. The molecule has 0 aromatic carbocycles. The smallest absolute Gasteiger partial charge is 0.142 e. The largest absolute Gasteiger partial charge is 0.392 e. The van der Waals surface area contributed by atoms with E-state index in [4.69, 9.17) is 5.11 Å². The molecule has 0 spiro atoms. The van der Waals surface area contributed by atoms with Crippen molar-refractivity contribution in [3.8, 4) is 0 Å². The van der Waals surface area contributed by atoms with Crippen LogP contribution in [0.25, 0.3) is 0 Å². The van der Waals surface area contributed by atoms with E-state index in [0.29, 0.717) is 13.1 Å². The van der Waals surface area contributed by atoms with Crippen molar-refractivity contribution in [3.63, 3.8) is 0 Å².